The lowest BCUT2D eigenvalue weighted by atomic mass is 10.0. The van der Waals surface area contributed by atoms with Gasteiger partial charge in [-0.05, 0) is 6.42 Å². The summed E-state index contributed by atoms with van der Waals surface area (Å²) in [5.41, 5.74) is 6.36. The Morgan fingerprint density at radius 2 is 1.72 bits per heavy atom. The Morgan fingerprint density at radius 3 is 2.39 bits per heavy atom. The van der Waals surface area contributed by atoms with E-state index in [-0.39, 0.29) is 0 Å². The summed E-state index contributed by atoms with van der Waals surface area (Å²) in [6.45, 7) is 6.97. The lowest BCUT2D eigenvalue weighted by Gasteiger charge is -2.34. The van der Waals surface area contributed by atoms with Crippen molar-refractivity contribution in [1.82, 2.24) is 0 Å². The van der Waals surface area contributed by atoms with E-state index in [1.54, 1.807) is 0 Å². The van der Waals surface area contributed by atoms with Crippen LogP contribution in [0.2, 0.25) is 0 Å². The molecule has 3 heteroatoms. The van der Waals surface area contributed by atoms with Gasteiger partial charge in [-0.3, -0.25) is 0 Å². The quantitative estimate of drug-likeness (QED) is 0.656. The Hall–Kier alpha value is 0.660. The highest BCUT2D eigenvalue weighted by Crippen LogP contribution is 2.37. The van der Waals surface area contributed by atoms with Crippen molar-refractivity contribution in [2.45, 2.75) is 87.5 Å². The average Bonchev–Trinajstić information content (AvgIpc) is 2.36. The molecule has 0 spiro atoms. The third-order valence-electron chi connectivity index (χ3n) is 3.94. The van der Waals surface area contributed by atoms with Crippen molar-refractivity contribution in [2.24, 2.45) is 5.73 Å². The van der Waals surface area contributed by atoms with Crippen LogP contribution in [-0.2, 0) is 0 Å². The summed E-state index contributed by atoms with van der Waals surface area (Å²) in [5.74, 6) is 1.26. The molecular weight excluding hydrogens is 258 g/mol. The molecular formula is C15H31NS2. The minimum Gasteiger partial charge on any atom is -0.327 e. The van der Waals surface area contributed by atoms with Crippen molar-refractivity contribution in [3.05, 3.63) is 0 Å². The van der Waals surface area contributed by atoms with Crippen molar-refractivity contribution in [1.29, 1.82) is 0 Å². The maximum absolute atomic E-state index is 6.36. The van der Waals surface area contributed by atoms with E-state index in [0.717, 1.165) is 10.5 Å². The molecule has 0 aliphatic carbocycles. The molecule has 0 aromatic rings. The minimum atomic E-state index is 0.420. The van der Waals surface area contributed by atoms with E-state index in [4.69, 9.17) is 5.73 Å². The third kappa shape index (κ3) is 6.21. The first-order valence-electron chi connectivity index (χ1n) is 7.67. The normalized spacial score (nSPS) is 30.3. The van der Waals surface area contributed by atoms with Gasteiger partial charge in [-0.15, -0.1) is 0 Å². The van der Waals surface area contributed by atoms with E-state index >= 15 is 0 Å². The lowest BCUT2D eigenvalue weighted by molar-refractivity contribution is 0.531. The molecule has 4 unspecified atom stereocenters. The smallest absolute Gasteiger partial charge is 0.0292 e. The molecule has 1 aliphatic heterocycles. The van der Waals surface area contributed by atoms with Gasteiger partial charge in [0.15, 0.2) is 0 Å². The second-order valence-corrected chi connectivity index (χ2v) is 8.67. The molecule has 1 nitrogen and oxygen atoms in total. The van der Waals surface area contributed by atoms with E-state index in [1.807, 2.05) is 0 Å². The van der Waals surface area contributed by atoms with Crippen LogP contribution in [0.3, 0.4) is 0 Å². The van der Waals surface area contributed by atoms with Crippen LogP contribution in [0.1, 0.15) is 65.7 Å². The zero-order valence-corrected chi connectivity index (χ0v) is 14.0. The molecule has 1 aliphatic rings. The van der Waals surface area contributed by atoms with Gasteiger partial charge in [0.05, 0.1) is 0 Å². The Balaban J connectivity index is 2.07. The molecule has 1 rings (SSSR count). The molecule has 18 heavy (non-hydrogen) atoms. The predicted octanol–water partition coefficient (Wildman–Crippen LogP) is 4.69. The van der Waals surface area contributed by atoms with Crippen molar-refractivity contribution in [3.8, 4) is 0 Å². The van der Waals surface area contributed by atoms with E-state index < -0.39 is 0 Å². The number of nitrogens with two attached hydrogens (primary N) is 1. The van der Waals surface area contributed by atoms with Gasteiger partial charge in [0, 0.05) is 27.5 Å². The van der Waals surface area contributed by atoms with E-state index in [2.05, 4.69) is 44.3 Å². The number of rotatable bonds is 8. The van der Waals surface area contributed by atoms with Crippen molar-refractivity contribution >= 4 is 23.5 Å². The molecule has 0 aromatic carbocycles. The summed E-state index contributed by atoms with van der Waals surface area (Å²) >= 11 is 4.24. The van der Waals surface area contributed by atoms with Gasteiger partial charge in [0.1, 0.15) is 0 Å². The van der Waals surface area contributed by atoms with Gasteiger partial charge in [-0.1, -0.05) is 59.3 Å². The van der Waals surface area contributed by atoms with E-state index in [1.165, 1.54) is 50.7 Å². The van der Waals surface area contributed by atoms with Crippen LogP contribution in [0.4, 0.5) is 0 Å². The first kappa shape index (κ1) is 16.7. The summed E-state index contributed by atoms with van der Waals surface area (Å²) in [5, 5.41) is 2.26. The summed E-state index contributed by atoms with van der Waals surface area (Å²) in [6.07, 6.45) is 9.49. The zero-order valence-electron chi connectivity index (χ0n) is 12.4. The first-order chi connectivity index (χ1) is 8.65. The standard InChI is InChI=1S/C15H31NS2/c1-4-5-6-7-8-9-10-14(16)15-11-17-12(2)13(3)18-15/h12-15H,4-11,16H2,1-3H3. The van der Waals surface area contributed by atoms with Crippen LogP contribution in [0.15, 0.2) is 0 Å². The Morgan fingerprint density at radius 1 is 1.06 bits per heavy atom. The van der Waals surface area contributed by atoms with E-state index in [9.17, 15) is 0 Å². The number of hydrogen-bond acceptors (Lipinski definition) is 3. The summed E-state index contributed by atoms with van der Waals surface area (Å²) in [6, 6.07) is 0.420. The average molecular weight is 290 g/mol. The highest BCUT2D eigenvalue weighted by atomic mass is 32.2. The van der Waals surface area contributed by atoms with Crippen LogP contribution < -0.4 is 5.73 Å². The van der Waals surface area contributed by atoms with Crippen LogP contribution in [-0.4, -0.2) is 27.5 Å². The van der Waals surface area contributed by atoms with E-state index in [0.29, 0.717) is 11.3 Å². The van der Waals surface area contributed by atoms with Crippen LogP contribution >= 0.6 is 23.5 Å². The summed E-state index contributed by atoms with van der Waals surface area (Å²) < 4.78 is 0. The molecule has 2 N–H and O–H groups in total. The number of thioether (sulfide) groups is 2. The predicted molar refractivity (Wildman–Crippen MR) is 88.7 cm³/mol. The van der Waals surface area contributed by atoms with Crippen LogP contribution in [0, 0.1) is 0 Å². The van der Waals surface area contributed by atoms with Gasteiger partial charge < -0.3 is 5.73 Å². The maximum Gasteiger partial charge on any atom is 0.0292 e. The molecule has 108 valence electrons. The highest BCUT2D eigenvalue weighted by Gasteiger charge is 2.29. The Bertz CT molecular complexity index is 211. The molecule has 4 atom stereocenters. The highest BCUT2D eigenvalue weighted by molar-refractivity contribution is 8.07. The maximum atomic E-state index is 6.36. The second-order valence-electron chi connectivity index (χ2n) is 5.64. The van der Waals surface area contributed by atoms with Gasteiger partial charge in [0.25, 0.3) is 0 Å². The van der Waals surface area contributed by atoms with Crippen molar-refractivity contribution in [2.75, 3.05) is 5.75 Å². The fourth-order valence-corrected chi connectivity index (χ4v) is 5.48. The molecule has 1 fully saturated rings. The minimum absolute atomic E-state index is 0.420. The summed E-state index contributed by atoms with van der Waals surface area (Å²) in [4.78, 5) is 0. The van der Waals surface area contributed by atoms with Gasteiger partial charge >= 0.3 is 0 Å². The lowest BCUT2D eigenvalue weighted by Crippen LogP contribution is -2.39. The largest absolute Gasteiger partial charge is 0.327 e. The third-order valence-corrected chi connectivity index (χ3v) is 7.51. The molecule has 0 aromatic heterocycles. The topological polar surface area (TPSA) is 26.0 Å². The van der Waals surface area contributed by atoms with Crippen LogP contribution in [0.25, 0.3) is 0 Å². The fraction of sp³-hybridized carbons (Fsp3) is 1.00. The molecule has 0 bridgehead atoms. The van der Waals surface area contributed by atoms with Gasteiger partial charge in [0.2, 0.25) is 0 Å². The molecule has 1 heterocycles. The Labute approximate surface area is 122 Å². The number of unbranched alkanes of at least 4 members (excludes halogenated alkanes) is 5. The van der Waals surface area contributed by atoms with Crippen LogP contribution in [0.5, 0.6) is 0 Å². The van der Waals surface area contributed by atoms with Gasteiger partial charge in [-0.25, -0.2) is 0 Å². The molecule has 0 amide bonds. The summed E-state index contributed by atoms with van der Waals surface area (Å²) in [7, 11) is 0. The zero-order chi connectivity index (χ0) is 13.4. The first-order valence-corrected chi connectivity index (χ1v) is 9.67. The molecule has 0 saturated carbocycles. The number of hydrogen-bond donors (Lipinski definition) is 1. The SMILES string of the molecule is CCCCCCCCC(N)C1CSC(C)C(C)S1. The second kappa shape index (κ2) is 9.55. The monoisotopic (exact) mass is 289 g/mol. The fourth-order valence-electron chi connectivity index (χ4n) is 2.38. The molecule has 1 saturated heterocycles. The van der Waals surface area contributed by atoms with Gasteiger partial charge in [-0.2, -0.15) is 23.5 Å². The van der Waals surface area contributed by atoms with Crippen molar-refractivity contribution in [3.63, 3.8) is 0 Å². The van der Waals surface area contributed by atoms with Crippen molar-refractivity contribution < 1.29 is 0 Å². The molecule has 0 radical (unpaired) electrons. The Kier molecular flexibility index (Phi) is 8.86.